The molecule has 1 rings (SSSR count). The molecular weight excluding hydrogens is 226 g/mol. The molecule has 0 atom stereocenters. The van der Waals surface area contributed by atoms with Gasteiger partial charge in [-0.2, -0.15) is 4.98 Å². The molecule has 0 saturated heterocycles. The number of nitrogens with two attached hydrogens (primary N) is 1. The van der Waals surface area contributed by atoms with Crippen molar-refractivity contribution in [2.75, 3.05) is 37.2 Å². The van der Waals surface area contributed by atoms with Crippen molar-refractivity contribution in [1.82, 2.24) is 14.9 Å². The molecule has 1 aromatic heterocycles. The number of nitrogens with zero attached hydrogens (tertiary/aromatic N) is 3. The summed E-state index contributed by atoms with van der Waals surface area (Å²) in [4.78, 5) is 10.1. The van der Waals surface area contributed by atoms with E-state index in [1.807, 2.05) is 0 Å². The molecule has 0 aliphatic rings. The highest BCUT2D eigenvalue weighted by Gasteiger charge is 2.04. The third-order valence-electron chi connectivity index (χ3n) is 2.38. The standard InChI is InChI=1S/C10H18ClN5/c1-3-16(4-2)6-5-13-9-8(11)7-14-10(12)15-9/h7H,3-6H2,1-2H3,(H3,12,13,14,15). The van der Waals surface area contributed by atoms with Crippen LogP contribution in [0.2, 0.25) is 5.02 Å². The number of aromatic nitrogens is 2. The van der Waals surface area contributed by atoms with Gasteiger partial charge in [-0.05, 0) is 13.1 Å². The van der Waals surface area contributed by atoms with Gasteiger partial charge in [0.05, 0.1) is 6.20 Å². The van der Waals surface area contributed by atoms with Crippen LogP contribution < -0.4 is 11.1 Å². The molecule has 1 heterocycles. The van der Waals surface area contributed by atoms with Gasteiger partial charge in [0.15, 0.2) is 5.82 Å². The Labute approximate surface area is 101 Å². The fraction of sp³-hybridized carbons (Fsp3) is 0.600. The van der Waals surface area contributed by atoms with Gasteiger partial charge in [-0.3, -0.25) is 0 Å². The van der Waals surface area contributed by atoms with Crippen LogP contribution in [0.15, 0.2) is 6.20 Å². The molecule has 0 radical (unpaired) electrons. The molecule has 16 heavy (non-hydrogen) atoms. The third-order valence-corrected chi connectivity index (χ3v) is 2.65. The summed E-state index contributed by atoms with van der Waals surface area (Å²) < 4.78 is 0. The van der Waals surface area contributed by atoms with Gasteiger partial charge in [0, 0.05) is 13.1 Å². The van der Waals surface area contributed by atoms with Crippen molar-refractivity contribution in [2.24, 2.45) is 0 Å². The van der Waals surface area contributed by atoms with E-state index in [4.69, 9.17) is 17.3 Å². The van der Waals surface area contributed by atoms with Crippen molar-refractivity contribution in [1.29, 1.82) is 0 Å². The Hall–Kier alpha value is -1.07. The van der Waals surface area contributed by atoms with Gasteiger partial charge in [0.25, 0.3) is 0 Å². The second-order valence-corrected chi connectivity index (χ2v) is 3.79. The lowest BCUT2D eigenvalue weighted by Gasteiger charge is -2.18. The van der Waals surface area contributed by atoms with E-state index >= 15 is 0 Å². The average Bonchev–Trinajstić information content (AvgIpc) is 2.29. The highest BCUT2D eigenvalue weighted by molar-refractivity contribution is 6.32. The van der Waals surface area contributed by atoms with Crippen LogP contribution >= 0.6 is 11.6 Å². The van der Waals surface area contributed by atoms with Crippen LogP contribution in [0, 0.1) is 0 Å². The molecule has 3 N–H and O–H groups in total. The lowest BCUT2D eigenvalue weighted by atomic mass is 10.4. The summed E-state index contributed by atoms with van der Waals surface area (Å²) in [5, 5.41) is 3.64. The Bertz CT molecular complexity index is 327. The van der Waals surface area contributed by atoms with Crippen LogP contribution in [0.25, 0.3) is 0 Å². The lowest BCUT2D eigenvalue weighted by Crippen LogP contribution is -2.28. The predicted octanol–water partition coefficient (Wildman–Crippen LogP) is 1.47. The minimum absolute atomic E-state index is 0.231. The zero-order valence-electron chi connectivity index (χ0n) is 9.70. The maximum absolute atomic E-state index is 5.92. The molecule has 0 saturated carbocycles. The Balaban J connectivity index is 2.45. The number of nitrogen functional groups attached to an aromatic ring is 1. The zero-order valence-corrected chi connectivity index (χ0v) is 10.5. The largest absolute Gasteiger partial charge is 0.368 e. The first-order valence-corrected chi connectivity index (χ1v) is 5.79. The Kier molecular flexibility index (Phi) is 5.28. The summed E-state index contributed by atoms with van der Waals surface area (Å²) in [7, 11) is 0. The van der Waals surface area contributed by atoms with Gasteiger partial charge in [0.1, 0.15) is 5.02 Å². The van der Waals surface area contributed by atoms with Crippen molar-refractivity contribution in [3.8, 4) is 0 Å². The van der Waals surface area contributed by atoms with Crippen LogP contribution in [-0.4, -0.2) is 41.0 Å². The third kappa shape index (κ3) is 3.83. The number of anilines is 2. The van der Waals surface area contributed by atoms with E-state index in [2.05, 4.69) is 34.0 Å². The van der Waals surface area contributed by atoms with Crippen LogP contribution in [0.4, 0.5) is 11.8 Å². The SMILES string of the molecule is CCN(CC)CCNc1nc(N)ncc1Cl. The second kappa shape index (κ2) is 6.50. The van der Waals surface area contributed by atoms with Gasteiger partial charge >= 0.3 is 0 Å². The summed E-state index contributed by atoms with van der Waals surface area (Å²) in [6.07, 6.45) is 1.50. The Morgan fingerprint density at radius 3 is 2.75 bits per heavy atom. The van der Waals surface area contributed by atoms with E-state index in [9.17, 15) is 0 Å². The van der Waals surface area contributed by atoms with Crippen molar-refractivity contribution >= 4 is 23.4 Å². The van der Waals surface area contributed by atoms with E-state index in [0.29, 0.717) is 10.8 Å². The van der Waals surface area contributed by atoms with Gasteiger partial charge in [0.2, 0.25) is 5.95 Å². The fourth-order valence-corrected chi connectivity index (χ4v) is 1.53. The van der Waals surface area contributed by atoms with Crippen molar-refractivity contribution < 1.29 is 0 Å². The van der Waals surface area contributed by atoms with E-state index < -0.39 is 0 Å². The molecule has 0 bridgehead atoms. The molecule has 5 nitrogen and oxygen atoms in total. The predicted molar refractivity (Wildman–Crippen MR) is 67.7 cm³/mol. The highest BCUT2D eigenvalue weighted by Crippen LogP contribution is 2.17. The monoisotopic (exact) mass is 243 g/mol. The number of nitrogens with one attached hydrogen (secondary N) is 1. The number of hydrogen-bond donors (Lipinski definition) is 2. The number of rotatable bonds is 6. The molecule has 0 aromatic carbocycles. The lowest BCUT2D eigenvalue weighted by molar-refractivity contribution is 0.316. The maximum atomic E-state index is 5.92. The number of halogens is 1. The molecular formula is C10H18ClN5. The van der Waals surface area contributed by atoms with Gasteiger partial charge in [-0.15, -0.1) is 0 Å². The van der Waals surface area contributed by atoms with Crippen molar-refractivity contribution in [3.63, 3.8) is 0 Å². The summed E-state index contributed by atoms with van der Waals surface area (Å²) in [6.45, 7) is 8.10. The Morgan fingerprint density at radius 2 is 2.12 bits per heavy atom. The van der Waals surface area contributed by atoms with Crippen LogP contribution in [0.5, 0.6) is 0 Å². The van der Waals surface area contributed by atoms with E-state index in [1.165, 1.54) is 6.20 Å². The minimum Gasteiger partial charge on any atom is -0.368 e. The summed E-state index contributed by atoms with van der Waals surface area (Å²) in [6, 6.07) is 0. The molecule has 6 heteroatoms. The van der Waals surface area contributed by atoms with Crippen LogP contribution in [0.1, 0.15) is 13.8 Å². The first kappa shape index (κ1) is 13.0. The topological polar surface area (TPSA) is 67.1 Å². The molecule has 0 amide bonds. The summed E-state index contributed by atoms with van der Waals surface area (Å²) in [5.41, 5.74) is 5.48. The molecule has 1 aromatic rings. The summed E-state index contributed by atoms with van der Waals surface area (Å²) >= 11 is 5.92. The van der Waals surface area contributed by atoms with Gasteiger partial charge < -0.3 is 16.0 Å². The number of hydrogen-bond acceptors (Lipinski definition) is 5. The average molecular weight is 244 g/mol. The molecule has 0 aliphatic carbocycles. The minimum atomic E-state index is 0.231. The Morgan fingerprint density at radius 1 is 1.44 bits per heavy atom. The molecule has 0 fully saturated rings. The highest BCUT2D eigenvalue weighted by atomic mass is 35.5. The van der Waals surface area contributed by atoms with E-state index in [1.54, 1.807) is 0 Å². The van der Waals surface area contributed by atoms with Crippen molar-refractivity contribution in [2.45, 2.75) is 13.8 Å². The number of likely N-dealkylation sites (N-methyl/N-ethyl adjacent to an activating group) is 1. The van der Waals surface area contributed by atoms with Crippen molar-refractivity contribution in [3.05, 3.63) is 11.2 Å². The maximum Gasteiger partial charge on any atom is 0.222 e. The molecule has 0 spiro atoms. The molecule has 90 valence electrons. The first-order chi connectivity index (χ1) is 7.67. The fourth-order valence-electron chi connectivity index (χ4n) is 1.38. The first-order valence-electron chi connectivity index (χ1n) is 5.41. The van der Waals surface area contributed by atoms with E-state index in [-0.39, 0.29) is 5.95 Å². The molecule has 0 aliphatic heterocycles. The quantitative estimate of drug-likeness (QED) is 0.792. The molecule has 0 unspecified atom stereocenters. The van der Waals surface area contributed by atoms with Gasteiger partial charge in [-0.25, -0.2) is 4.98 Å². The van der Waals surface area contributed by atoms with Crippen LogP contribution in [-0.2, 0) is 0 Å². The normalized spacial score (nSPS) is 10.8. The van der Waals surface area contributed by atoms with E-state index in [0.717, 1.165) is 26.2 Å². The summed E-state index contributed by atoms with van der Waals surface area (Å²) in [5.74, 6) is 0.830. The van der Waals surface area contributed by atoms with Gasteiger partial charge in [-0.1, -0.05) is 25.4 Å². The second-order valence-electron chi connectivity index (χ2n) is 3.38. The smallest absolute Gasteiger partial charge is 0.222 e. The van der Waals surface area contributed by atoms with Crippen LogP contribution in [0.3, 0.4) is 0 Å². The zero-order chi connectivity index (χ0) is 12.0.